The zero-order valence-corrected chi connectivity index (χ0v) is 26.8. The van der Waals surface area contributed by atoms with Gasteiger partial charge in [-0.2, -0.15) is 0 Å². The zero-order valence-electron chi connectivity index (χ0n) is 26.8. The lowest BCUT2D eigenvalue weighted by Crippen LogP contribution is -2.56. The lowest BCUT2D eigenvalue weighted by atomic mass is 9.92. The Hall–Kier alpha value is -4.57. The maximum absolute atomic E-state index is 14.2. The van der Waals surface area contributed by atoms with Crippen molar-refractivity contribution in [2.75, 3.05) is 57.1 Å². The van der Waals surface area contributed by atoms with Gasteiger partial charge in [-0.15, -0.1) is 0 Å². The van der Waals surface area contributed by atoms with Gasteiger partial charge in [0, 0.05) is 61.4 Å². The van der Waals surface area contributed by atoms with Crippen molar-refractivity contribution < 1.29 is 18.7 Å². The maximum Gasteiger partial charge on any atom is 0.318 e. The second kappa shape index (κ2) is 13.8. The van der Waals surface area contributed by atoms with E-state index < -0.39 is 6.04 Å². The second-order valence-electron chi connectivity index (χ2n) is 12.8. The molecule has 4 aromatic rings. The van der Waals surface area contributed by atoms with Crippen LogP contribution >= 0.6 is 0 Å². The molecule has 2 heterocycles. The monoisotopic (exact) mass is 626 g/mol. The van der Waals surface area contributed by atoms with Gasteiger partial charge in [0.05, 0.1) is 12.3 Å². The van der Waals surface area contributed by atoms with Crippen LogP contribution in [-0.2, 0) is 11.3 Å². The topological polar surface area (TPSA) is 92.9 Å². The van der Waals surface area contributed by atoms with E-state index in [4.69, 9.17) is 4.74 Å². The van der Waals surface area contributed by atoms with Gasteiger partial charge in [-0.3, -0.25) is 4.79 Å². The van der Waals surface area contributed by atoms with Crippen molar-refractivity contribution in [3.8, 4) is 5.75 Å². The molecule has 1 saturated carbocycles. The van der Waals surface area contributed by atoms with Gasteiger partial charge >= 0.3 is 6.03 Å². The fourth-order valence-corrected chi connectivity index (χ4v) is 6.08. The Labute approximate surface area is 269 Å². The Kier molecular flexibility index (Phi) is 9.44. The Morgan fingerprint density at radius 2 is 1.76 bits per heavy atom. The van der Waals surface area contributed by atoms with Crippen LogP contribution in [0.25, 0.3) is 10.9 Å². The lowest BCUT2D eigenvalue weighted by molar-refractivity contribution is -0.118. The number of hydrogen-bond acceptors (Lipinski definition) is 5. The number of anilines is 2. The zero-order chi connectivity index (χ0) is 32.2. The number of carbonyl (C=O) groups excluding carboxylic acids is 2. The van der Waals surface area contributed by atoms with Gasteiger partial charge in [0.1, 0.15) is 17.6 Å². The molecule has 46 heavy (non-hydrogen) atoms. The average Bonchev–Trinajstić information content (AvgIpc) is 3.79. The largest absolute Gasteiger partial charge is 0.491 e. The summed E-state index contributed by atoms with van der Waals surface area (Å²) >= 11 is 0. The lowest BCUT2D eigenvalue weighted by Gasteiger charge is -2.37. The van der Waals surface area contributed by atoms with E-state index in [-0.39, 0.29) is 23.7 Å². The van der Waals surface area contributed by atoms with E-state index in [2.05, 4.69) is 25.4 Å². The summed E-state index contributed by atoms with van der Waals surface area (Å²) in [6, 6.07) is 19.1. The number of ether oxygens (including phenoxy) is 1. The Bertz CT molecular complexity index is 1660. The van der Waals surface area contributed by atoms with Crippen molar-refractivity contribution in [2.24, 2.45) is 5.92 Å². The molecule has 0 unspecified atom stereocenters. The highest BCUT2D eigenvalue weighted by Gasteiger charge is 2.33. The molecule has 242 valence electrons. The van der Waals surface area contributed by atoms with Gasteiger partial charge in [-0.1, -0.05) is 31.2 Å². The summed E-state index contributed by atoms with van der Waals surface area (Å²) in [6.07, 6.45) is 4.24. The van der Waals surface area contributed by atoms with E-state index >= 15 is 0 Å². The fraction of sp³-hybridized carbons (Fsp3) is 0.389. The molecule has 1 aliphatic carbocycles. The van der Waals surface area contributed by atoms with Crippen LogP contribution in [0.5, 0.6) is 5.75 Å². The third-order valence-electron chi connectivity index (χ3n) is 8.90. The minimum absolute atomic E-state index is 0.276. The smallest absolute Gasteiger partial charge is 0.318 e. The highest BCUT2D eigenvalue weighted by molar-refractivity contribution is 5.99. The van der Waals surface area contributed by atoms with Crippen LogP contribution in [-0.4, -0.2) is 79.6 Å². The molecule has 6 rings (SSSR count). The Morgan fingerprint density at radius 1 is 1.02 bits per heavy atom. The van der Waals surface area contributed by atoms with Crippen molar-refractivity contribution in [1.29, 1.82) is 0 Å². The number of benzene rings is 3. The first-order valence-corrected chi connectivity index (χ1v) is 16.1. The Morgan fingerprint density at radius 3 is 2.48 bits per heavy atom. The number of aromatic nitrogens is 1. The van der Waals surface area contributed by atoms with Crippen LogP contribution < -0.4 is 20.3 Å². The van der Waals surface area contributed by atoms with E-state index in [0.29, 0.717) is 56.7 Å². The molecule has 1 aromatic heterocycles. The van der Waals surface area contributed by atoms with Crippen molar-refractivity contribution in [3.63, 3.8) is 0 Å². The minimum Gasteiger partial charge on any atom is -0.491 e. The predicted octanol–water partition coefficient (Wildman–Crippen LogP) is 5.80. The summed E-state index contributed by atoms with van der Waals surface area (Å²) in [5.41, 5.74) is 4.48. The third-order valence-corrected chi connectivity index (χ3v) is 8.90. The average molecular weight is 627 g/mol. The number of nitrogens with one attached hydrogen (secondary N) is 3. The van der Waals surface area contributed by atoms with E-state index in [1.165, 1.54) is 12.1 Å². The van der Waals surface area contributed by atoms with Gasteiger partial charge in [0.2, 0.25) is 5.91 Å². The van der Waals surface area contributed by atoms with Gasteiger partial charge in [0.15, 0.2) is 0 Å². The highest BCUT2D eigenvalue weighted by Crippen LogP contribution is 2.34. The van der Waals surface area contributed by atoms with E-state index in [1.807, 2.05) is 69.7 Å². The molecule has 2 aliphatic rings. The van der Waals surface area contributed by atoms with Crippen LogP contribution in [0.1, 0.15) is 36.8 Å². The summed E-state index contributed by atoms with van der Waals surface area (Å²) < 4.78 is 19.6. The van der Waals surface area contributed by atoms with Crippen LogP contribution in [0.3, 0.4) is 0 Å². The minimum atomic E-state index is -0.865. The first-order chi connectivity index (χ1) is 22.2. The summed E-state index contributed by atoms with van der Waals surface area (Å²) in [7, 11) is 4.01. The molecule has 0 radical (unpaired) electrons. The van der Waals surface area contributed by atoms with Crippen LogP contribution in [0.4, 0.5) is 20.6 Å². The number of carbonyl (C=O) groups is 2. The number of aromatic amines is 1. The number of rotatable bonds is 11. The molecule has 10 heteroatoms. The molecule has 0 spiro atoms. The number of urea groups is 1. The Balaban J connectivity index is 1.23. The number of piperazine rings is 1. The van der Waals surface area contributed by atoms with Crippen molar-refractivity contribution in [3.05, 3.63) is 89.9 Å². The highest BCUT2D eigenvalue weighted by atomic mass is 19.1. The molecule has 1 aliphatic heterocycles. The standard InChI is InChI=1S/C36H43FN6O3/c1-24(30-21-38-31-7-5-4-6-29(30)31)34(40-36(45)43-18-16-42(17-19-43)28-13-11-27(37)12-14-28)35(44)39-32-20-26(22-41(2)3)10-15-33(32)46-23-25-8-9-25/h4-7,10-15,20-21,24-25,34,38H,8-9,16-19,22-23H2,1-3H3,(H,39,44)(H,40,45)/t24-,34+/m0/s1. The first kappa shape index (κ1) is 31.4. The first-order valence-electron chi connectivity index (χ1n) is 16.1. The van der Waals surface area contributed by atoms with Crippen LogP contribution in [0.2, 0.25) is 0 Å². The molecule has 2 fully saturated rings. The van der Waals surface area contributed by atoms with Crippen LogP contribution in [0.15, 0.2) is 72.9 Å². The van der Waals surface area contributed by atoms with Crippen LogP contribution in [0, 0.1) is 11.7 Å². The molecule has 3 amide bonds. The maximum atomic E-state index is 14.2. The van der Waals surface area contributed by atoms with E-state index in [9.17, 15) is 14.0 Å². The van der Waals surface area contributed by atoms with Gasteiger partial charge in [-0.25, -0.2) is 9.18 Å². The molecule has 2 atom stereocenters. The molecular formula is C36H43FN6O3. The summed E-state index contributed by atoms with van der Waals surface area (Å²) in [6.45, 7) is 5.46. The van der Waals surface area contributed by atoms with Gasteiger partial charge < -0.3 is 35.1 Å². The number of para-hydroxylation sites is 1. The molecule has 3 N–H and O–H groups in total. The molecule has 3 aromatic carbocycles. The number of H-pyrrole nitrogens is 1. The predicted molar refractivity (Wildman–Crippen MR) is 180 cm³/mol. The van der Waals surface area contributed by atoms with Crippen molar-refractivity contribution in [2.45, 2.75) is 38.3 Å². The quantitative estimate of drug-likeness (QED) is 0.196. The molecule has 1 saturated heterocycles. The van der Waals surface area contributed by atoms with Crippen molar-refractivity contribution >= 4 is 34.2 Å². The fourth-order valence-electron chi connectivity index (χ4n) is 6.08. The summed E-state index contributed by atoms with van der Waals surface area (Å²) in [4.78, 5) is 37.2. The van der Waals surface area contributed by atoms with Crippen molar-refractivity contribution in [1.82, 2.24) is 20.1 Å². The molecule has 0 bridgehead atoms. The van der Waals surface area contributed by atoms with E-state index in [0.717, 1.165) is 40.6 Å². The third kappa shape index (κ3) is 7.45. The number of hydrogen-bond donors (Lipinski definition) is 3. The second-order valence-corrected chi connectivity index (χ2v) is 12.8. The van der Waals surface area contributed by atoms with E-state index in [1.54, 1.807) is 17.0 Å². The molecular weight excluding hydrogens is 583 g/mol. The number of fused-ring (bicyclic) bond motifs is 1. The summed E-state index contributed by atoms with van der Waals surface area (Å²) in [5.74, 6) is 0.254. The SMILES string of the molecule is C[C@@H](c1c[nH]c2ccccc12)[C@@H](NC(=O)N1CCN(c2ccc(F)cc2)CC1)C(=O)Nc1cc(CN(C)C)ccc1OCC1CC1. The number of nitrogens with zero attached hydrogens (tertiary/aromatic N) is 3. The molecule has 9 nitrogen and oxygen atoms in total. The normalized spacial score (nSPS) is 16.4. The summed E-state index contributed by atoms with van der Waals surface area (Å²) in [5, 5.41) is 7.24. The number of halogens is 1. The number of amides is 3. The van der Waals surface area contributed by atoms with Gasteiger partial charge in [-0.05, 0) is 86.4 Å². The van der Waals surface area contributed by atoms with Gasteiger partial charge in [0.25, 0.3) is 0 Å².